The minimum absolute atomic E-state index is 0.00446. The molecule has 230 valence electrons. The molecule has 1 unspecified atom stereocenters. The van der Waals surface area contributed by atoms with E-state index in [4.69, 9.17) is 18.9 Å². The van der Waals surface area contributed by atoms with Crippen LogP contribution in [0.25, 0.3) is 0 Å². The summed E-state index contributed by atoms with van der Waals surface area (Å²) in [7, 11) is -2.42. The van der Waals surface area contributed by atoms with Crippen molar-refractivity contribution in [3.8, 4) is 5.75 Å². The highest BCUT2D eigenvalue weighted by atomic mass is 32.2. The van der Waals surface area contributed by atoms with Crippen LogP contribution in [-0.4, -0.2) is 81.9 Å². The fourth-order valence-electron chi connectivity index (χ4n) is 6.54. The van der Waals surface area contributed by atoms with Gasteiger partial charge in [-0.1, -0.05) is 44.2 Å². The zero-order valence-electron chi connectivity index (χ0n) is 24.4. The molecule has 2 aromatic carbocycles. The summed E-state index contributed by atoms with van der Waals surface area (Å²) in [5.41, 5.74) is 0.898. The summed E-state index contributed by atoms with van der Waals surface area (Å²) in [6, 6.07) is 14.9. The molecule has 2 heterocycles. The second kappa shape index (κ2) is 13.3. The van der Waals surface area contributed by atoms with Gasteiger partial charge in [-0.05, 0) is 60.9 Å². The number of methoxy groups -OCH3 is 1. The number of nitrogens with zero attached hydrogens (tertiary/aromatic N) is 1. The summed E-state index contributed by atoms with van der Waals surface area (Å²) in [4.78, 5) is 13.4. The molecule has 7 atom stereocenters. The second-order valence-electron chi connectivity index (χ2n) is 11.9. The van der Waals surface area contributed by atoms with Gasteiger partial charge in [-0.25, -0.2) is 13.2 Å². The number of carbonyl (C=O) groups excluding carboxylic acids is 1. The number of nitrogens with one attached hydrogen (secondary N) is 1. The van der Waals surface area contributed by atoms with Crippen molar-refractivity contribution >= 4 is 16.1 Å². The minimum Gasteiger partial charge on any atom is -0.497 e. The third-order valence-electron chi connectivity index (χ3n) is 8.55. The van der Waals surface area contributed by atoms with Crippen molar-refractivity contribution in [1.29, 1.82) is 0 Å². The number of benzene rings is 2. The zero-order valence-corrected chi connectivity index (χ0v) is 25.2. The van der Waals surface area contributed by atoms with Crippen molar-refractivity contribution in [1.82, 2.24) is 9.62 Å². The first kappa shape index (κ1) is 30.7. The largest absolute Gasteiger partial charge is 0.497 e. The quantitative estimate of drug-likeness (QED) is 0.379. The van der Waals surface area contributed by atoms with Gasteiger partial charge in [0.25, 0.3) is 0 Å². The summed E-state index contributed by atoms with van der Waals surface area (Å²) < 4.78 is 51.3. The maximum atomic E-state index is 13.7. The monoisotopic (exact) mass is 602 g/mol. The molecule has 0 spiro atoms. The first-order chi connectivity index (χ1) is 20.2. The molecule has 1 saturated carbocycles. The standard InChI is InChI=1S/C31H42N2O8S/c1-20(2)17-33(42(36,37)24-11-9-23(38-3)10-12-24)18-27(34)26(15-21-7-5-4-6-8-21)32-31(35)41-28-16-22-19-40-30-29(22)25(28)13-14-39-30/h4-12,20,22,25-30,34H,13-19H2,1-3H3,(H,32,35)/t22-,25?,26-,27+,28-,29+,30+/m0/s1. The number of amides is 1. The van der Waals surface area contributed by atoms with Crippen molar-refractivity contribution in [3.05, 3.63) is 60.2 Å². The molecule has 42 heavy (non-hydrogen) atoms. The number of rotatable bonds is 12. The first-order valence-corrected chi connectivity index (χ1v) is 16.2. The average Bonchev–Trinajstić information content (AvgIpc) is 3.55. The molecule has 5 rings (SSSR count). The Morgan fingerprint density at radius 1 is 1.10 bits per heavy atom. The molecule has 0 radical (unpaired) electrons. The van der Waals surface area contributed by atoms with Gasteiger partial charge < -0.3 is 29.4 Å². The Kier molecular flexibility index (Phi) is 9.74. The molecule has 3 aliphatic rings. The number of aliphatic hydroxyl groups excluding tert-OH is 1. The van der Waals surface area contributed by atoms with Gasteiger partial charge >= 0.3 is 6.09 Å². The number of sulfonamides is 1. The van der Waals surface area contributed by atoms with Gasteiger partial charge in [0.05, 0.1) is 37.4 Å². The summed E-state index contributed by atoms with van der Waals surface area (Å²) in [5, 5.41) is 14.4. The Bertz CT molecular complexity index is 1290. The number of hydrogen-bond acceptors (Lipinski definition) is 8. The first-order valence-electron chi connectivity index (χ1n) is 14.7. The molecule has 10 nitrogen and oxygen atoms in total. The molecule has 0 aromatic heterocycles. The summed E-state index contributed by atoms with van der Waals surface area (Å²) in [6.45, 7) is 5.02. The SMILES string of the molecule is COc1ccc(S(=O)(=O)N(CC(C)C)C[C@@H](O)[C@H](Cc2ccccc2)NC(=O)O[C@H]2C[C@H]3CO[C@H]4OCCC2[C@@H]34)cc1. The third-order valence-corrected chi connectivity index (χ3v) is 10.4. The Hall–Kier alpha value is -2.70. The van der Waals surface area contributed by atoms with Crippen LogP contribution >= 0.6 is 0 Å². The van der Waals surface area contributed by atoms with Crippen LogP contribution in [0.2, 0.25) is 0 Å². The topological polar surface area (TPSA) is 124 Å². The van der Waals surface area contributed by atoms with E-state index in [2.05, 4.69) is 5.32 Å². The van der Waals surface area contributed by atoms with Gasteiger partial charge in [0.15, 0.2) is 6.29 Å². The number of alkyl carbamates (subject to hydrolysis) is 1. The van der Waals surface area contributed by atoms with Crippen molar-refractivity contribution in [2.24, 2.45) is 23.7 Å². The smallest absolute Gasteiger partial charge is 0.407 e. The fraction of sp³-hybridized carbons (Fsp3) is 0.581. The maximum Gasteiger partial charge on any atom is 0.407 e. The Labute approximate surface area is 248 Å². The van der Waals surface area contributed by atoms with E-state index >= 15 is 0 Å². The molecule has 3 fully saturated rings. The highest BCUT2D eigenvalue weighted by molar-refractivity contribution is 7.89. The van der Waals surface area contributed by atoms with Crippen molar-refractivity contribution in [3.63, 3.8) is 0 Å². The maximum absolute atomic E-state index is 13.7. The fourth-order valence-corrected chi connectivity index (χ4v) is 8.16. The van der Waals surface area contributed by atoms with E-state index in [1.165, 1.54) is 23.5 Å². The van der Waals surface area contributed by atoms with Crippen LogP contribution in [0.5, 0.6) is 5.75 Å². The minimum atomic E-state index is -3.94. The van der Waals surface area contributed by atoms with Gasteiger partial charge in [-0.2, -0.15) is 4.31 Å². The molecular weight excluding hydrogens is 560 g/mol. The summed E-state index contributed by atoms with van der Waals surface area (Å²) in [5.74, 6) is 1.26. The molecule has 2 aromatic rings. The van der Waals surface area contributed by atoms with Gasteiger partial charge in [0.1, 0.15) is 11.9 Å². The summed E-state index contributed by atoms with van der Waals surface area (Å²) in [6.07, 6.45) is -0.460. The van der Waals surface area contributed by atoms with E-state index in [1.54, 1.807) is 12.1 Å². The molecule has 1 amide bonds. The van der Waals surface area contributed by atoms with E-state index in [-0.39, 0.29) is 48.1 Å². The summed E-state index contributed by atoms with van der Waals surface area (Å²) >= 11 is 0. The van der Waals surface area contributed by atoms with Crippen molar-refractivity contribution in [2.45, 2.75) is 62.5 Å². The Morgan fingerprint density at radius 2 is 1.83 bits per heavy atom. The Morgan fingerprint density at radius 3 is 2.52 bits per heavy atom. The van der Waals surface area contributed by atoms with Crippen LogP contribution in [-0.2, 0) is 30.7 Å². The van der Waals surface area contributed by atoms with E-state index in [1.807, 2.05) is 44.2 Å². The van der Waals surface area contributed by atoms with Crippen molar-refractivity contribution < 1.29 is 37.3 Å². The molecule has 2 aliphatic heterocycles. The predicted molar refractivity (Wildman–Crippen MR) is 155 cm³/mol. The van der Waals surface area contributed by atoms with Crippen LogP contribution in [0, 0.1) is 23.7 Å². The highest BCUT2D eigenvalue weighted by Gasteiger charge is 2.55. The molecule has 1 aliphatic carbocycles. The van der Waals surface area contributed by atoms with Crippen LogP contribution in [0.4, 0.5) is 4.79 Å². The molecular formula is C31H42N2O8S. The van der Waals surface area contributed by atoms with Gasteiger partial charge in [-0.15, -0.1) is 0 Å². The lowest BCUT2D eigenvalue weighted by Gasteiger charge is -2.33. The average molecular weight is 603 g/mol. The van der Waals surface area contributed by atoms with E-state index in [9.17, 15) is 18.3 Å². The van der Waals surface area contributed by atoms with Gasteiger partial charge in [0.2, 0.25) is 10.0 Å². The van der Waals surface area contributed by atoms with Crippen LogP contribution in [0.15, 0.2) is 59.5 Å². The Balaban J connectivity index is 1.31. The predicted octanol–water partition coefficient (Wildman–Crippen LogP) is 3.44. The zero-order chi connectivity index (χ0) is 29.9. The normalized spacial score (nSPS) is 26.6. The van der Waals surface area contributed by atoms with Crippen LogP contribution in [0.1, 0.15) is 32.3 Å². The third kappa shape index (κ3) is 6.92. The van der Waals surface area contributed by atoms with Crippen LogP contribution in [0.3, 0.4) is 0 Å². The number of carbonyl (C=O) groups is 1. The molecule has 2 N–H and O–H groups in total. The number of aliphatic hydroxyl groups is 1. The lowest BCUT2D eigenvalue weighted by atomic mass is 9.87. The van der Waals surface area contributed by atoms with Gasteiger partial charge in [-0.3, -0.25) is 0 Å². The lowest BCUT2D eigenvalue weighted by molar-refractivity contribution is -0.173. The van der Waals surface area contributed by atoms with E-state index in [0.29, 0.717) is 31.3 Å². The lowest BCUT2D eigenvalue weighted by Crippen LogP contribution is -2.51. The molecule has 11 heteroatoms. The number of hydrogen-bond donors (Lipinski definition) is 2. The van der Waals surface area contributed by atoms with E-state index < -0.39 is 28.3 Å². The second-order valence-corrected chi connectivity index (χ2v) is 13.9. The van der Waals surface area contributed by atoms with Crippen molar-refractivity contribution in [2.75, 3.05) is 33.4 Å². The van der Waals surface area contributed by atoms with Crippen LogP contribution < -0.4 is 10.1 Å². The number of ether oxygens (including phenoxy) is 4. The van der Waals surface area contributed by atoms with Gasteiger partial charge in [0, 0.05) is 24.9 Å². The highest BCUT2D eigenvalue weighted by Crippen LogP contribution is 2.50. The molecule has 0 bridgehead atoms. The van der Waals surface area contributed by atoms with E-state index in [0.717, 1.165) is 18.4 Å². The molecule has 2 saturated heterocycles.